The van der Waals surface area contributed by atoms with Crippen LogP contribution < -0.4 is 0 Å². The zero-order chi connectivity index (χ0) is 10.4. The molecule has 3 aromatic rings. The Morgan fingerprint density at radius 1 is 1.00 bits per heavy atom. The van der Waals surface area contributed by atoms with Gasteiger partial charge in [0, 0.05) is 16.6 Å². The number of hydrogen-bond acceptors (Lipinski definition) is 0. The summed E-state index contributed by atoms with van der Waals surface area (Å²) in [5.41, 5.74) is 3.80. The zero-order valence-electron chi connectivity index (χ0n) is 8.96. The van der Waals surface area contributed by atoms with Gasteiger partial charge in [0.15, 0.2) is 0 Å². The SMILES string of the molecule is Cc1cc2c(ccc3cccc(C)c32)[nH]1. The number of fused-ring (bicyclic) bond motifs is 3. The van der Waals surface area contributed by atoms with Gasteiger partial charge in [0.2, 0.25) is 0 Å². The second-order valence-electron chi connectivity index (χ2n) is 4.15. The van der Waals surface area contributed by atoms with Gasteiger partial charge in [-0.3, -0.25) is 0 Å². The number of nitrogens with one attached hydrogen (secondary N) is 1. The lowest BCUT2D eigenvalue weighted by Crippen LogP contribution is -1.78. The van der Waals surface area contributed by atoms with Crippen LogP contribution in [0, 0.1) is 13.8 Å². The Balaban J connectivity index is 2.62. The molecule has 3 rings (SSSR count). The van der Waals surface area contributed by atoms with E-state index in [1.54, 1.807) is 0 Å². The van der Waals surface area contributed by atoms with Gasteiger partial charge in [-0.1, -0.05) is 24.3 Å². The molecule has 0 amide bonds. The summed E-state index contributed by atoms with van der Waals surface area (Å²) in [6, 6.07) is 13.0. The first kappa shape index (κ1) is 8.54. The topological polar surface area (TPSA) is 15.8 Å². The average molecular weight is 195 g/mol. The summed E-state index contributed by atoms with van der Waals surface area (Å²) in [6.07, 6.45) is 0. The molecule has 0 fully saturated rings. The van der Waals surface area contributed by atoms with E-state index in [1.807, 2.05) is 0 Å². The van der Waals surface area contributed by atoms with Crippen molar-refractivity contribution in [2.24, 2.45) is 0 Å². The number of benzene rings is 2. The Hall–Kier alpha value is -1.76. The van der Waals surface area contributed by atoms with Gasteiger partial charge in [0.05, 0.1) is 0 Å². The summed E-state index contributed by atoms with van der Waals surface area (Å²) in [5.74, 6) is 0. The number of hydrogen-bond donors (Lipinski definition) is 1. The Labute approximate surface area is 88.7 Å². The van der Waals surface area contributed by atoms with Gasteiger partial charge in [-0.05, 0) is 42.3 Å². The highest BCUT2D eigenvalue weighted by molar-refractivity contribution is 6.08. The Bertz CT molecular complexity index is 647. The molecule has 0 aliphatic rings. The van der Waals surface area contributed by atoms with Crippen molar-refractivity contribution in [3.63, 3.8) is 0 Å². The van der Waals surface area contributed by atoms with Crippen molar-refractivity contribution in [2.75, 3.05) is 0 Å². The second-order valence-corrected chi connectivity index (χ2v) is 4.15. The molecule has 0 saturated heterocycles. The van der Waals surface area contributed by atoms with E-state index in [0.29, 0.717) is 0 Å². The van der Waals surface area contributed by atoms with Gasteiger partial charge >= 0.3 is 0 Å². The molecule has 0 atom stereocenters. The van der Waals surface area contributed by atoms with E-state index in [-0.39, 0.29) is 0 Å². The number of aromatic amines is 1. The standard InChI is InChI=1S/C14H13N/c1-9-4-3-5-11-6-7-13-12(14(9)11)8-10(2)15-13/h3-8,15H,1-2H3. The highest BCUT2D eigenvalue weighted by atomic mass is 14.7. The van der Waals surface area contributed by atoms with Gasteiger partial charge < -0.3 is 4.98 Å². The van der Waals surface area contributed by atoms with Crippen LogP contribution in [0.3, 0.4) is 0 Å². The Morgan fingerprint density at radius 2 is 1.87 bits per heavy atom. The summed E-state index contributed by atoms with van der Waals surface area (Å²) >= 11 is 0. The minimum Gasteiger partial charge on any atom is -0.359 e. The van der Waals surface area contributed by atoms with Crippen molar-refractivity contribution < 1.29 is 0 Å². The van der Waals surface area contributed by atoms with E-state index in [9.17, 15) is 0 Å². The molecule has 15 heavy (non-hydrogen) atoms. The van der Waals surface area contributed by atoms with Crippen LogP contribution in [0.15, 0.2) is 36.4 Å². The molecule has 0 saturated carbocycles. The van der Waals surface area contributed by atoms with Crippen LogP contribution in [0.1, 0.15) is 11.3 Å². The summed E-state index contributed by atoms with van der Waals surface area (Å²) in [5, 5.41) is 4.03. The summed E-state index contributed by atoms with van der Waals surface area (Å²) in [4.78, 5) is 3.38. The van der Waals surface area contributed by atoms with E-state index in [0.717, 1.165) is 0 Å². The monoisotopic (exact) mass is 195 g/mol. The van der Waals surface area contributed by atoms with Crippen molar-refractivity contribution >= 4 is 21.7 Å². The molecule has 0 aliphatic carbocycles. The lowest BCUT2D eigenvalue weighted by Gasteiger charge is -2.02. The molecule has 1 nitrogen and oxygen atoms in total. The van der Waals surface area contributed by atoms with Crippen molar-refractivity contribution in [2.45, 2.75) is 13.8 Å². The third kappa shape index (κ3) is 1.16. The summed E-state index contributed by atoms with van der Waals surface area (Å²) < 4.78 is 0. The molecular weight excluding hydrogens is 182 g/mol. The minimum atomic E-state index is 1.22. The maximum Gasteiger partial charge on any atom is 0.0462 e. The number of H-pyrrole nitrogens is 1. The third-order valence-corrected chi connectivity index (χ3v) is 2.99. The van der Waals surface area contributed by atoms with Crippen LogP contribution in [-0.4, -0.2) is 4.98 Å². The van der Waals surface area contributed by atoms with Gasteiger partial charge in [0.1, 0.15) is 0 Å². The van der Waals surface area contributed by atoms with Crippen molar-refractivity contribution in [1.82, 2.24) is 4.98 Å². The number of aryl methyl sites for hydroxylation is 2. The van der Waals surface area contributed by atoms with Gasteiger partial charge in [0.25, 0.3) is 0 Å². The molecule has 0 unspecified atom stereocenters. The smallest absolute Gasteiger partial charge is 0.0462 e. The third-order valence-electron chi connectivity index (χ3n) is 2.99. The number of aromatic nitrogens is 1. The van der Waals surface area contributed by atoms with Crippen molar-refractivity contribution in [1.29, 1.82) is 0 Å². The van der Waals surface area contributed by atoms with Crippen LogP contribution in [-0.2, 0) is 0 Å². The van der Waals surface area contributed by atoms with Gasteiger partial charge in [-0.25, -0.2) is 0 Å². The molecule has 0 bridgehead atoms. The van der Waals surface area contributed by atoms with Crippen LogP contribution in [0.5, 0.6) is 0 Å². The Morgan fingerprint density at radius 3 is 2.73 bits per heavy atom. The van der Waals surface area contributed by atoms with Crippen molar-refractivity contribution in [3.8, 4) is 0 Å². The molecule has 1 N–H and O–H groups in total. The Kier molecular flexibility index (Phi) is 1.63. The fourth-order valence-electron chi connectivity index (χ4n) is 2.32. The maximum atomic E-state index is 3.38. The maximum absolute atomic E-state index is 3.38. The van der Waals surface area contributed by atoms with E-state index >= 15 is 0 Å². The quantitative estimate of drug-likeness (QED) is 0.559. The molecule has 1 heteroatoms. The van der Waals surface area contributed by atoms with Crippen LogP contribution in [0.2, 0.25) is 0 Å². The fraction of sp³-hybridized carbons (Fsp3) is 0.143. The zero-order valence-corrected chi connectivity index (χ0v) is 8.96. The van der Waals surface area contributed by atoms with Gasteiger partial charge in [-0.2, -0.15) is 0 Å². The minimum absolute atomic E-state index is 1.22. The molecular formula is C14H13N. The lowest BCUT2D eigenvalue weighted by molar-refractivity contribution is 1.30. The first-order valence-corrected chi connectivity index (χ1v) is 5.23. The van der Waals surface area contributed by atoms with E-state index in [1.165, 1.54) is 32.9 Å². The van der Waals surface area contributed by atoms with Crippen LogP contribution >= 0.6 is 0 Å². The highest BCUT2D eigenvalue weighted by Gasteiger charge is 2.04. The molecule has 2 aromatic carbocycles. The summed E-state index contributed by atoms with van der Waals surface area (Å²) in [6.45, 7) is 4.27. The predicted octanol–water partition coefficient (Wildman–Crippen LogP) is 3.94. The van der Waals surface area contributed by atoms with E-state index in [2.05, 4.69) is 55.2 Å². The van der Waals surface area contributed by atoms with E-state index < -0.39 is 0 Å². The lowest BCUT2D eigenvalue weighted by atomic mass is 10.0. The largest absolute Gasteiger partial charge is 0.359 e. The molecule has 74 valence electrons. The number of rotatable bonds is 0. The summed E-state index contributed by atoms with van der Waals surface area (Å²) in [7, 11) is 0. The molecule has 0 radical (unpaired) electrons. The predicted molar refractivity (Wildman–Crippen MR) is 65.3 cm³/mol. The van der Waals surface area contributed by atoms with Crippen LogP contribution in [0.25, 0.3) is 21.7 Å². The second kappa shape index (κ2) is 2.86. The van der Waals surface area contributed by atoms with Crippen molar-refractivity contribution in [3.05, 3.63) is 47.7 Å². The average Bonchev–Trinajstić information content (AvgIpc) is 2.58. The first-order chi connectivity index (χ1) is 7.25. The highest BCUT2D eigenvalue weighted by Crippen LogP contribution is 2.28. The fourth-order valence-corrected chi connectivity index (χ4v) is 2.32. The molecule has 0 spiro atoms. The molecule has 1 heterocycles. The van der Waals surface area contributed by atoms with E-state index in [4.69, 9.17) is 0 Å². The van der Waals surface area contributed by atoms with Gasteiger partial charge in [-0.15, -0.1) is 0 Å². The molecule has 1 aromatic heterocycles. The van der Waals surface area contributed by atoms with Crippen LogP contribution in [0.4, 0.5) is 0 Å². The first-order valence-electron chi connectivity index (χ1n) is 5.23. The normalized spacial score (nSPS) is 11.3. The molecule has 0 aliphatic heterocycles.